The Kier molecular flexibility index (Phi) is 7.01. The summed E-state index contributed by atoms with van der Waals surface area (Å²) in [5, 5.41) is 2.87. The average molecular weight is 361 g/mol. The summed E-state index contributed by atoms with van der Waals surface area (Å²) in [6.45, 7) is 2.04. The number of rotatable bonds is 8. The predicted octanol–water partition coefficient (Wildman–Crippen LogP) is 3.89. The first kappa shape index (κ1) is 19.0. The van der Waals surface area contributed by atoms with Crippen LogP contribution in [0.2, 0.25) is 0 Å². The molecule has 2 aromatic rings. The van der Waals surface area contributed by atoms with Gasteiger partial charge in [0.2, 0.25) is 5.91 Å². The molecule has 0 bridgehead atoms. The van der Waals surface area contributed by atoms with Gasteiger partial charge in [-0.25, -0.2) is 0 Å². The van der Waals surface area contributed by atoms with Crippen LogP contribution in [0.4, 0.5) is 5.69 Å². The molecule has 25 heavy (non-hydrogen) atoms. The number of carbonyl (C=O) groups excluding carboxylic acids is 1. The largest absolute Gasteiger partial charge is 0.497 e. The monoisotopic (exact) mass is 361 g/mol. The maximum absolute atomic E-state index is 12.2. The Hall–Kier alpha value is -2.34. The molecule has 134 valence electrons. The van der Waals surface area contributed by atoms with Crippen LogP contribution >= 0.6 is 11.8 Å². The van der Waals surface area contributed by atoms with E-state index in [1.54, 1.807) is 39.5 Å². The van der Waals surface area contributed by atoms with Crippen LogP contribution < -0.4 is 19.5 Å². The lowest BCUT2D eigenvalue weighted by Crippen LogP contribution is -2.15. The van der Waals surface area contributed by atoms with Crippen molar-refractivity contribution in [1.82, 2.24) is 0 Å². The van der Waals surface area contributed by atoms with Crippen LogP contribution in [0.15, 0.2) is 36.4 Å². The summed E-state index contributed by atoms with van der Waals surface area (Å²) < 4.78 is 15.8. The number of hydrogen-bond donors (Lipinski definition) is 1. The van der Waals surface area contributed by atoms with Gasteiger partial charge in [0, 0.05) is 17.4 Å². The van der Waals surface area contributed by atoms with Crippen molar-refractivity contribution in [2.75, 3.05) is 32.4 Å². The number of carbonyl (C=O) groups is 1. The van der Waals surface area contributed by atoms with E-state index in [0.29, 0.717) is 28.7 Å². The highest BCUT2D eigenvalue weighted by Gasteiger charge is 2.10. The minimum atomic E-state index is -0.0943. The normalized spacial score (nSPS) is 10.2. The zero-order valence-electron chi connectivity index (χ0n) is 14.9. The zero-order valence-corrected chi connectivity index (χ0v) is 15.7. The summed E-state index contributed by atoms with van der Waals surface area (Å²) in [5.41, 5.74) is 2.85. The van der Waals surface area contributed by atoms with Crippen molar-refractivity contribution in [2.45, 2.75) is 12.7 Å². The lowest BCUT2D eigenvalue weighted by Gasteiger charge is -2.12. The van der Waals surface area contributed by atoms with Gasteiger partial charge in [0.25, 0.3) is 0 Å². The van der Waals surface area contributed by atoms with Crippen molar-refractivity contribution in [3.05, 3.63) is 47.5 Å². The highest BCUT2D eigenvalue weighted by atomic mass is 32.2. The van der Waals surface area contributed by atoms with Crippen molar-refractivity contribution in [1.29, 1.82) is 0 Å². The molecule has 0 fully saturated rings. The molecule has 0 aromatic heterocycles. The molecule has 2 rings (SSSR count). The van der Waals surface area contributed by atoms with Crippen molar-refractivity contribution >= 4 is 23.4 Å². The predicted molar refractivity (Wildman–Crippen MR) is 102 cm³/mol. The second kappa shape index (κ2) is 9.22. The van der Waals surface area contributed by atoms with Crippen LogP contribution in [0.3, 0.4) is 0 Å². The molecule has 0 spiro atoms. The average Bonchev–Trinajstić information content (AvgIpc) is 2.61. The third-order valence-corrected chi connectivity index (χ3v) is 4.59. The fourth-order valence-electron chi connectivity index (χ4n) is 2.37. The van der Waals surface area contributed by atoms with E-state index in [1.807, 2.05) is 19.1 Å². The number of aryl methyl sites for hydroxylation is 1. The molecule has 1 N–H and O–H groups in total. The molecule has 0 aliphatic rings. The summed E-state index contributed by atoms with van der Waals surface area (Å²) in [4.78, 5) is 12.2. The highest BCUT2D eigenvalue weighted by Crippen LogP contribution is 2.29. The molecule has 0 aliphatic carbocycles. The second-order valence-corrected chi connectivity index (χ2v) is 6.41. The van der Waals surface area contributed by atoms with Crippen molar-refractivity contribution in [3.8, 4) is 17.2 Å². The molecule has 5 nitrogen and oxygen atoms in total. The van der Waals surface area contributed by atoms with Gasteiger partial charge in [-0.05, 0) is 25.1 Å². The number of methoxy groups -OCH3 is 3. The molecule has 0 saturated carbocycles. The van der Waals surface area contributed by atoms with Gasteiger partial charge in [0.1, 0.15) is 17.2 Å². The van der Waals surface area contributed by atoms with Crippen molar-refractivity contribution in [2.24, 2.45) is 0 Å². The number of anilines is 1. The highest BCUT2D eigenvalue weighted by molar-refractivity contribution is 7.99. The zero-order chi connectivity index (χ0) is 18.2. The molecule has 0 unspecified atom stereocenters. The lowest BCUT2D eigenvalue weighted by atomic mass is 10.1. The molecule has 1 amide bonds. The van der Waals surface area contributed by atoms with Gasteiger partial charge >= 0.3 is 0 Å². The summed E-state index contributed by atoms with van der Waals surface area (Å²) >= 11 is 1.53. The number of amides is 1. The molecule has 0 heterocycles. The number of nitrogens with one attached hydrogen (secondary N) is 1. The molecular weight excluding hydrogens is 338 g/mol. The summed E-state index contributed by atoms with van der Waals surface area (Å²) in [6.07, 6.45) is 0. The molecule has 0 saturated heterocycles. The van der Waals surface area contributed by atoms with Gasteiger partial charge < -0.3 is 19.5 Å². The first-order chi connectivity index (χ1) is 12.1. The Morgan fingerprint density at radius 1 is 1.00 bits per heavy atom. The van der Waals surface area contributed by atoms with E-state index in [-0.39, 0.29) is 5.91 Å². The Morgan fingerprint density at radius 2 is 1.72 bits per heavy atom. The molecule has 6 heteroatoms. The van der Waals surface area contributed by atoms with Gasteiger partial charge in [-0.3, -0.25) is 4.79 Å². The number of ether oxygens (including phenoxy) is 3. The van der Waals surface area contributed by atoms with Crippen LogP contribution in [-0.2, 0) is 10.5 Å². The third kappa shape index (κ3) is 5.32. The minimum Gasteiger partial charge on any atom is -0.497 e. The van der Waals surface area contributed by atoms with Crippen LogP contribution in [0.25, 0.3) is 0 Å². The van der Waals surface area contributed by atoms with Gasteiger partial charge in [0.15, 0.2) is 0 Å². The Labute approximate surface area is 152 Å². The van der Waals surface area contributed by atoms with Crippen LogP contribution in [0.5, 0.6) is 17.2 Å². The first-order valence-corrected chi connectivity index (χ1v) is 8.96. The summed E-state index contributed by atoms with van der Waals surface area (Å²) in [6, 6.07) is 11.3. The maximum atomic E-state index is 12.2. The standard InChI is InChI=1S/C19H23NO4S/c1-13-5-7-17(23-3)14(9-13)11-25-12-19(21)20-16-10-15(22-2)6-8-18(16)24-4/h5-10H,11-12H2,1-4H3,(H,20,21). The Balaban J connectivity index is 1.94. The van der Waals surface area contributed by atoms with E-state index in [0.717, 1.165) is 11.3 Å². The van der Waals surface area contributed by atoms with E-state index in [1.165, 1.54) is 17.3 Å². The van der Waals surface area contributed by atoms with E-state index >= 15 is 0 Å². The quantitative estimate of drug-likeness (QED) is 0.773. The number of thioether (sulfide) groups is 1. The molecule has 2 aromatic carbocycles. The van der Waals surface area contributed by atoms with E-state index < -0.39 is 0 Å². The van der Waals surface area contributed by atoms with Crippen LogP contribution in [0, 0.1) is 6.92 Å². The van der Waals surface area contributed by atoms with Crippen molar-refractivity contribution < 1.29 is 19.0 Å². The summed E-state index contributed by atoms with van der Waals surface area (Å²) in [5.74, 6) is 3.04. The second-order valence-electron chi connectivity index (χ2n) is 5.42. The fraction of sp³-hybridized carbons (Fsp3) is 0.316. The maximum Gasteiger partial charge on any atom is 0.234 e. The van der Waals surface area contributed by atoms with Crippen LogP contribution in [0.1, 0.15) is 11.1 Å². The van der Waals surface area contributed by atoms with Gasteiger partial charge in [0.05, 0.1) is 32.8 Å². The molecule has 0 atom stereocenters. The van der Waals surface area contributed by atoms with Gasteiger partial charge in [-0.1, -0.05) is 17.7 Å². The summed E-state index contributed by atoms with van der Waals surface area (Å²) in [7, 11) is 4.80. The van der Waals surface area contributed by atoms with Crippen LogP contribution in [-0.4, -0.2) is 33.0 Å². The Morgan fingerprint density at radius 3 is 2.40 bits per heavy atom. The Bertz CT molecular complexity index is 733. The van der Waals surface area contributed by atoms with Crippen molar-refractivity contribution in [3.63, 3.8) is 0 Å². The molecular formula is C19H23NO4S. The van der Waals surface area contributed by atoms with E-state index in [9.17, 15) is 4.79 Å². The topological polar surface area (TPSA) is 56.8 Å². The first-order valence-electron chi connectivity index (χ1n) is 7.80. The fourth-order valence-corrected chi connectivity index (χ4v) is 3.18. The van der Waals surface area contributed by atoms with E-state index in [4.69, 9.17) is 14.2 Å². The third-order valence-electron chi connectivity index (χ3n) is 3.61. The smallest absolute Gasteiger partial charge is 0.234 e. The van der Waals surface area contributed by atoms with Gasteiger partial charge in [-0.15, -0.1) is 11.8 Å². The number of benzene rings is 2. The van der Waals surface area contributed by atoms with E-state index in [2.05, 4.69) is 11.4 Å². The lowest BCUT2D eigenvalue weighted by molar-refractivity contribution is -0.113. The number of hydrogen-bond acceptors (Lipinski definition) is 5. The molecule has 0 radical (unpaired) electrons. The van der Waals surface area contributed by atoms with Gasteiger partial charge in [-0.2, -0.15) is 0 Å². The minimum absolute atomic E-state index is 0.0943. The molecule has 0 aliphatic heterocycles. The SMILES string of the molecule is COc1ccc(OC)c(NC(=O)CSCc2cc(C)ccc2OC)c1.